The average Bonchev–Trinajstić information content (AvgIpc) is 2.81. The Bertz CT molecular complexity index is 554. The summed E-state index contributed by atoms with van der Waals surface area (Å²) in [5, 5.41) is 0. The molecular formula is C13H13FN2OS. The predicted molar refractivity (Wildman–Crippen MR) is 73.1 cm³/mol. The molecule has 0 unspecified atom stereocenters. The van der Waals surface area contributed by atoms with E-state index in [2.05, 4.69) is 0 Å². The van der Waals surface area contributed by atoms with Gasteiger partial charge in [0.15, 0.2) is 0 Å². The molecule has 0 aliphatic heterocycles. The molecule has 5 heteroatoms. The van der Waals surface area contributed by atoms with Crippen LogP contribution in [-0.2, 0) is 6.54 Å². The average molecular weight is 264 g/mol. The molecule has 1 heterocycles. The zero-order valence-electron chi connectivity index (χ0n) is 9.89. The molecule has 2 rings (SSSR count). The Kier molecular flexibility index (Phi) is 3.62. The quantitative estimate of drug-likeness (QED) is 0.862. The highest BCUT2D eigenvalue weighted by Crippen LogP contribution is 2.21. The summed E-state index contributed by atoms with van der Waals surface area (Å²) < 4.78 is 19.1. The number of benzene rings is 1. The molecule has 2 N–H and O–H groups in total. The molecule has 0 radical (unpaired) electrons. The topological polar surface area (TPSA) is 42.4 Å². The smallest absolute Gasteiger partial charge is 0.147 e. The first-order valence-corrected chi connectivity index (χ1v) is 5.81. The number of nitrogens with two attached hydrogens (primary N) is 1. The zero-order valence-corrected chi connectivity index (χ0v) is 10.7. The number of nitrogens with zero attached hydrogens (tertiary/aromatic N) is 1. The second kappa shape index (κ2) is 5.18. The lowest BCUT2D eigenvalue weighted by Crippen LogP contribution is -2.18. The summed E-state index contributed by atoms with van der Waals surface area (Å²) in [6.07, 6.45) is 1.59. The molecule has 0 bridgehead atoms. The minimum atomic E-state index is -0.352. The third-order valence-corrected chi connectivity index (χ3v) is 2.85. The number of rotatable bonds is 4. The van der Waals surface area contributed by atoms with Crippen molar-refractivity contribution in [1.82, 2.24) is 0 Å². The van der Waals surface area contributed by atoms with E-state index in [0.717, 1.165) is 5.76 Å². The zero-order chi connectivity index (χ0) is 13.1. The third kappa shape index (κ3) is 2.68. The normalized spacial score (nSPS) is 10.3. The van der Waals surface area contributed by atoms with Crippen LogP contribution in [0.25, 0.3) is 0 Å². The predicted octanol–water partition coefficient (Wildman–Crippen LogP) is 2.69. The van der Waals surface area contributed by atoms with Gasteiger partial charge in [-0.3, -0.25) is 0 Å². The van der Waals surface area contributed by atoms with Crippen LogP contribution in [-0.4, -0.2) is 12.0 Å². The van der Waals surface area contributed by atoms with Gasteiger partial charge >= 0.3 is 0 Å². The van der Waals surface area contributed by atoms with Crippen LogP contribution < -0.4 is 10.6 Å². The van der Waals surface area contributed by atoms with E-state index in [9.17, 15) is 4.39 Å². The van der Waals surface area contributed by atoms with E-state index < -0.39 is 0 Å². The maximum absolute atomic E-state index is 13.9. The minimum Gasteiger partial charge on any atom is -0.467 e. The van der Waals surface area contributed by atoms with Gasteiger partial charge in [-0.15, -0.1) is 0 Å². The Morgan fingerprint density at radius 2 is 2.22 bits per heavy atom. The molecule has 94 valence electrons. The maximum Gasteiger partial charge on any atom is 0.147 e. The van der Waals surface area contributed by atoms with Crippen LogP contribution in [0.2, 0.25) is 0 Å². The Labute approximate surface area is 110 Å². The molecule has 0 aliphatic rings. The van der Waals surface area contributed by atoms with Crippen LogP contribution in [0.3, 0.4) is 0 Å². The van der Waals surface area contributed by atoms with Gasteiger partial charge in [-0.05, 0) is 30.3 Å². The van der Waals surface area contributed by atoms with Crippen LogP contribution in [0.1, 0.15) is 11.3 Å². The van der Waals surface area contributed by atoms with Crippen LogP contribution in [0.4, 0.5) is 10.1 Å². The van der Waals surface area contributed by atoms with E-state index in [1.807, 2.05) is 6.07 Å². The van der Waals surface area contributed by atoms with E-state index in [4.69, 9.17) is 22.4 Å². The summed E-state index contributed by atoms with van der Waals surface area (Å²) in [7, 11) is 1.79. The standard InChI is InChI=1S/C13H13FN2OS/c1-16(8-10-3-2-6-17-10)12-5-4-9(13(15)18)7-11(12)14/h2-7H,8H2,1H3,(H2,15,18). The Morgan fingerprint density at radius 1 is 1.44 bits per heavy atom. The molecular weight excluding hydrogens is 251 g/mol. The molecule has 18 heavy (non-hydrogen) atoms. The van der Waals surface area contributed by atoms with Gasteiger partial charge in [-0.2, -0.15) is 0 Å². The summed E-state index contributed by atoms with van der Waals surface area (Å²) in [5.74, 6) is 0.421. The van der Waals surface area contributed by atoms with Crippen molar-refractivity contribution in [3.8, 4) is 0 Å². The van der Waals surface area contributed by atoms with Gasteiger partial charge in [0, 0.05) is 12.6 Å². The molecule has 0 atom stereocenters. The Balaban J connectivity index is 2.20. The van der Waals surface area contributed by atoms with Crippen molar-refractivity contribution in [2.45, 2.75) is 6.54 Å². The lowest BCUT2D eigenvalue weighted by atomic mass is 10.2. The van der Waals surface area contributed by atoms with Crippen molar-refractivity contribution >= 4 is 22.9 Å². The fraction of sp³-hybridized carbons (Fsp3) is 0.154. The first kappa shape index (κ1) is 12.6. The van der Waals surface area contributed by atoms with Gasteiger partial charge in [0.1, 0.15) is 16.6 Å². The first-order valence-electron chi connectivity index (χ1n) is 5.41. The highest BCUT2D eigenvalue weighted by atomic mass is 32.1. The van der Waals surface area contributed by atoms with Crippen LogP contribution in [0, 0.1) is 5.82 Å². The number of hydrogen-bond donors (Lipinski definition) is 1. The summed E-state index contributed by atoms with van der Waals surface area (Å²) >= 11 is 4.81. The van der Waals surface area contributed by atoms with Crippen LogP contribution >= 0.6 is 12.2 Å². The number of thiocarbonyl (C=S) groups is 1. The molecule has 0 fully saturated rings. The molecule has 2 aromatic rings. The van der Waals surface area contributed by atoms with E-state index in [0.29, 0.717) is 17.8 Å². The lowest BCUT2D eigenvalue weighted by Gasteiger charge is -2.19. The van der Waals surface area contributed by atoms with Gasteiger partial charge in [-0.25, -0.2) is 4.39 Å². The fourth-order valence-electron chi connectivity index (χ4n) is 1.69. The summed E-state index contributed by atoms with van der Waals surface area (Å²) in [6, 6.07) is 8.36. The lowest BCUT2D eigenvalue weighted by molar-refractivity contribution is 0.505. The van der Waals surface area contributed by atoms with Gasteiger partial charge in [-0.1, -0.05) is 12.2 Å². The van der Waals surface area contributed by atoms with Gasteiger partial charge in [0.05, 0.1) is 18.5 Å². The SMILES string of the molecule is CN(Cc1ccco1)c1ccc(C(N)=S)cc1F. The van der Waals surface area contributed by atoms with Crippen molar-refractivity contribution in [3.63, 3.8) is 0 Å². The van der Waals surface area contributed by atoms with Crippen LogP contribution in [0.5, 0.6) is 0 Å². The van der Waals surface area contributed by atoms with Crippen molar-refractivity contribution in [2.24, 2.45) is 5.73 Å². The summed E-state index contributed by atoms with van der Waals surface area (Å²) in [5.41, 5.74) is 6.46. The van der Waals surface area contributed by atoms with Gasteiger partial charge in [0.25, 0.3) is 0 Å². The maximum atomic E-state index is 13.9. The van der Waals surface area contributed by atoms with E-state index in [-0.39, 0.29) is 10.8 Å². The Morgan fingerprint density at radius 3 is 2.78 bits per heavy atom. The van der Waals surface area contributed by atoms with Crippen molar-refractivity contribution in [2.75, 3.05) is 11.9 Å². The molecule has 0 spiro atoms. The molecule has 1 aromatic heterocycles. The fourth-order valence-corrected chi connectivity index (χ4v) is 1.82. The number of anilines is 1. The highest BCUT2D eigenvalue weighted by Gasteiger charge is 2.10. The minimum absolute atomic E-state index is 0.189. The highest BCUT2D eigenvalue weighted by molar-refractivity contribution is 7.80. The first-order chi connectivity index (χ1) is 8.58. The second-order valence-electron chi connectivity index (χ2n) is 3.97. The third-order valence-electron chi connectivity index (χ3n) is 2.62. The molecule has 0 amide bonds. The van der Waals surface area contributed by atoms with Crippen LogP contribution in [0.15, 0.2) is 41.0 Å². The second-order valence-corrected chi connectivity index (χ2v) is 4.41. The van der Waals surface area contributed by atoms with Crippen molar-refractivity contribution < 1.29 is 8.81 Å². The molecule has 1 aromatic carbocycles. The largest absolute Gasteiger partial charge is 0.467 e. The van der Waals surface area contributed by atoms with Gasteiger partial charge < -0.3 is 15.1 Å². The Hall–Kier alpha value is -1.88. The molecule has 0 saturated heterocycles. The van der Waals surface area contributed by atoms with Crippen molar-refractivity contribution in [3.05, 3.63) is 53.7 Å². The monoisotopic (exact) mass is 264 g/mol. The van der Waals surface area contributed by atoms with Crippen molar-refractivity contribution in [1.29, 1.82) is 0 Å². The number of hydrogen-bond acceptors (Lipinski definition) is 3. The van der Waals surface area contributed by atoms with E-state index in [1.165, 1.54) is 6.07 Å². The van der Waals surface area contributed by atoms with Gasteiger partial charge in [0.2, 0.25) is 0 Å². The number of furan rings is 1. The molecule has 3 nitrogen and oxygen atoms in total. The molecule has 0 aliphatic carbocycles. The van der Waals surface area contributed by atoms with E-state index >= 15 is 0 Å². The summed E-state index contributed by atoms with van der Waals surface area (Å²) in [6.45, 7) is 0.496. The number of halogens is 1. The molecule has 0 saturated carbocycles. The van der Waals surface area contributed by atoms with E-state index in [1.54, 1.807) is 36.4 Å². The summed E-state index contributed by atoms with van der Waals surface area (Å²) in [4.78, 5) is 1.95.